The van der Waals surface area contributed by atoms with E-state index in [1.807, 2.05) is 20.9 Å². The van der Waals surface area contributed by atoms with Crippen LogP contribution in [0.4, 0.5) is 0 Å². The maximum Gasteiger partial charge on any atom is 0.160 e. The van der Waals surface area contributed by atoms with Crippen LogP contribution in [-0.2, 0) is 44.1 Å². The molecule has 2 aromatic heterocycles. The highest BCUT2D eigenvalue weighted by molar-refractivity contribution is 6.02. The molecule has 1 spiro atoms. The SMILES string of the molecule is CNCCC1(C)C(=O)CCC2(C)C1CCC1(C)C2C2(O)C=CCC13CC(=O)C1=C3C2Cn2cc(Cc3cc(C4CCCCC4)cc(C4(O)CCOCC4)c3)c3[nH]cc(c32)CCC1(C)CC(O)C1OC1(C)C. The van der Waals surface area contributed by atoms with Gasteiger partial charge in [0.25, 0.3) is 0 Å². The predicted octanol–water partition coefficient (Wildman–Crippen LogP) is 10.1. The molecule has 3 aliphatic heterocycles. The fraction of sp³-hybridized carbons (Fsp3) is 0.705. The number of aliphatic hydroxyl groups is 3. The van der Waals surface area contributed by atoms with Gasteiger partial charge in [0.1, 0.15) is 11.9 Å². The number of aliphatic hydroxyl groups excluding tert-OH is 1. The summed E-state index contributed by atoms with van der Waals surface area (Å²) in [7, 11) is 1.97. The third-order valence-electron chi connectivity index (χ3n) is 22.3. The lowest BCUT2D eigenvalue weighted by atomic mass is 9.32. The van der Waals surface area contributed by atoms with Gasteiger partial charge in [-0.1, -0.05) is 77.3 Å². The van der Waals surface area contributed by atoms with Gasteiger partial charge in [-0.3, -0.25) is 9.59 Å². The normalized spacial score (nSPS) is 39.8. The highest BCUT2D eigenvalue weighted by Gasteiger charge is 2.77. The molecular formula is C61H83N3O7. The number of rotatable bonds is 10. The number of Topliss-reactive ketones (excluding diaryl/α,β-unsaturated/α-hetero) is 2. The van der Waals surface area contributed by atoms with Gasteiger partial charge >= 0.3 is 0 Å². The van der Waals surface area contributed by atoms with Gasteiger partial charge in [-0.15, -0.1) is 0 Å². The van der Waals surface area contributed by atoms with E-state index in [0.717, 1.165) is 66.4 Å². The van der Waals surface area contributed by atoms with Gasteiger partial charge in [0.05, 0.1) is 33.9 Å². The molecule has 0 radical (unpaired) electrons. The summed E-state index contributed by atoms with van der Waals surface area (Å²) in [4.78, 5) is 33.8. The topological polar surface area (TPSA) is 149 Å². The summed E-state index contributed by atoms with van der Waals surface area (Å²) in [6.07, 6.45) is 22.6. The number of carbonyl (C=O) groups excluding carboxylic acids is 2. The maximum atomic E-state index is 15.7. The summed E-state index contributed by atoms with van der Waals surface area (Å²) in [5.74, 6) is 0.504. The molecule has 384 valence electrons. The van der Waals surface area contributed by atoms with Crippen LogP contribution in [0.2, 0.25) is 0 Å². The first-order chi connectivity index (χ1) is 33.7. The largest absolute Gasteiger partial charge is 0.390 e. The smallest absolute Gasteiger partial charge is 0.160 e. The Morgan fingerprint density at radius 1 is 0.930 bits per heavy atom. The summed E-state index contributed by atoms with van der Waals surface area (Å²) >= 11 is 0. The van der Waals surface area contributed by atoms with Crippen molar-refractivity contribution in [3.05, 3.63) is 81.7 Å². The third kappa shape index (κ3) is 7.05. The number of allylic oxidation sites excluding steroid dienone is 2. The monoisotopic (exact) mass is 970 g/mol. The Balaban J connectivity index is 1.03. The molecule has 10 heteroatoms. The van der Waals surface area contributed by atoms with E-state index >= 15 is 4.79 Å². The van der Waals surface area contributed by atoms with E-state index in [9.17, 15) is 20.1 Å². The first-order valence-corrected chi connectivity index (χ1v) is 28.1. The molecule has 4 saturated carbocycles. The zero-order chi connectivity index (χ0) is 49.7. The van der Waals surface area contributed by atoms with E-state index in [2.05, 4.69) is 85.3 Å². The molecule has 5 heterocycles. The minimum Gasteiger partial charge on any atom is -0.390 e. The van der Waals surface area contributed by atoms with Crippen LogP contribution in [0.15, 0.2) is 53.9 Å². The van der Waals surface area contributed by atoms with Crippen molar-refractivity contribution in [1.29, 1.82) is 0 Å². The number of aryl methyl sites for hydroxylation is 1. The number of H-pyrrole nitrogens is 1. The number of nitrogens with one attached hydrogen (secondary N) is 2. The van der Waals surface area contributed by atoms with Gasteiger partial charge in [-0.2, -0.15) is 0 Å². The quantitative estimate of drug-likeness (QED) is 0.0996. The second-order valence-electron chi connectivity index (χ2n) is 26.6. The Morgan fingerprint density at radius 2 is 1.69 bits per heavy atom. The summed E-state index contributed by atoms with van der Waals surface area (Å²) in [5, 5.41) is 42.3. The van der Waals surface area contributed by atoms with Crippen molar-refractivity contribution in [2.24, 2.45) is 44.8 Å². The van der Waals surface area contributed by atoms with Crippen LogP contribution in [0.3, 0.4) is 0 Å². The lowest BCUT2D eigenvalue weighted by Crippen LogP contribution is -2.71. The Kier molecular flexibility index (Phi) is 11.3. The van der Waals surface area contributed by atoms with Crippen LogP contribution in [0, 0.1) is 44.8 Å². The van der Waals surface area contributed by atoms with Crippen LogP contribution < -0.4 is 5.32 Å². The van der Waals surface area contributed by atoms with Crippen molar-refractivity contribution in [1.82, 2.24) is 14.9 Å². The van der Waals surface area contributed by atoms with Crippen LogP contribution >= 0.6 is 0 Å². The Bertz CT molecular complexity index is 2720. The number of hydrogen-bond acceptors (Lipinski definition) is 8. The number of aromatic amines is 1. The fourth-order valence-corrected chi connectivity index (χ4v) is 18.7. The van der Waals surface area contributed by atoms with E-state index in [1.54, 1.807) is 0 Å². The predicted molar refractivity (Wildman–Crippen MR) is 276 cm³/mol. The molecule has 10 aliphatic rings. The second-order valence-corrected chi connectivity index (χ2v) is 26.6. The zero-order valence-electron chi connectivity index (χ0n) is 44.0. The molecule has 11 unspecified atom stereocenters. The van der Waals surface area contributed by atoms with E-state index in [1.165, 1.54) is 54.4 Å². The van der Waals surface area contributed by atoms with E-state index in [-0.39, 0.29) is 29.1 Å². The Morgan fingerprint density at radius 3 is 2.42 bits per heavy atom. The number of aromatic nitrogens is 2. The van der Waals surface area contributed by atoms with Crippen molar-refractivity contribution in [2.75, 3.05) is 26.8 Å². The van der Waals surface area contributed by atoms with Gasteiger partial charge in [0.2, 0.25) is 0 Å². The van der Waals surface area contributed by atoms with Crippen molar-refractivity contribution in [3.63, 3.8) is 0 Å². The van der Waals surface area contributed by atoms with Crippen LogP contribution in [0.1, 0.15) is 178 Å². The molecule has 2 bridgehead atoms. The molecule has 6 fully saturated rings. The summed E-state index contributed by atoms with van der Waals surface area (Å²) in [6, 6.07) is 7.00. The number of hydrogen-bond donors (Lipinski definition) is 5. The number of carbonyl (C=O) groups is 2. The molecule has 5 N–H and O–H groups in total. The van der Waals surface area contributed by atoms with Crippen molar-refractivity contribution >= 4 is 22.6 Å². The number of nitrogens with zero attached hydrogens (tertiary/aromatic N) is 1. The van der Waals surface area contributed by atoms with Gasteiger partial charge in [-0.05, 0) is 153 Å². The Hall–Kier alpha value is -3.38. The highest BCUT2D eigenvalue weighted by Crippen LogP contribution is 2.80. The molecule has 0 amide bonds. The molecular weight excluding hydrogens is 887 g/mol. The lowest BCUT2D eigenvalue weighted by molar-refractivity contribution is -0.245. The molecule has 1 aromatic carbocycles. The van der Waals surface area contributed by atoms with Crippen molar-refractivity contribution < 1.29 is 34.4 Å². The van der Waals surface area contributed by atoms with E-state index < -0.39 is 50.5 Å². The van der Waals surface area contributed by atoms with Crippen LogP contribution in [-0.4, -0.2) is 86.7 Å². The molecule has 3 aromatic rings. The molecule has 2 saturated heterocycles. The zero-order valence-corrected chi connectivity index (χ0v) is 44.0. The minimum atomic E-state index is -1.33. The van der Waals surface area contributed by atoms with E-state index in [0.29, 0.717) is 82.8 Å². The van der Waals surface area contributed by atoms with Crippen molar-refractivity contribution in [2.45, 2.75) is 199 Å². The number of ether oxygens (including phenoxy) is 2. The van der Waals surface area contributed by atoms with Crippen LogP contribution in [0.5, 0.6) is 0 Å². The standard InChI is InChI=1S/C61H83N3O7/c1-54(2)52(71-54)45(66)32-55(3)19-14-39-34-63-50-41(29-37-28-40(38-12-9-8-10-13-38)31-42(30-37)60(68)23-26-70-27-24-60)35-64(51(39)50)36-43-48-49(55)44(65)33-59(48)17-11-18-61(43,69)53-57(5)20-16-47(67)56(4,22-25-62-7)46(57)15-21-58(53,59)6/h11,18,28,30-31,34-35,38,43,45-46,52-53,62-63,66,68-69H,8-10,12-17,19-27,29,32-33,36H2,1-7H3. The Labute approximate surface area is 422 Å². The molecule has 71 heavy (non-hydrogen) atoms. The summed E-state index contributed by atoms with van der Waals surface area (Å²) in [5.41, 5.74) is 5.05. The van der Waals surface area contributed by atoms with Crippen LogP contribution in [0.25, 0.3) is 11.0 Å². The number of epoxide rings is 1. The maximum absolute atomic E-state index is 15.7. The van der Waals surface area contributed by atoms with E-state index in [4.69, 9.17) is 9.47 Å². The highest BCUT2D eigenvalue weighted by atomic mass is 16.6. The number of ketones is 2. The number of fused-ring (bicyclic) bond motifs is 2. The molecule has 13 rings (SSSR count). The lowest BCUT2D eigenvalue weighted by Gasteiger charge is -2.72. The molecule has 10 nitrogen and oxygen atoms in total. The summed E-state index contributed by atoms with van der Waals surface area (Å²) in [6.45, 7) is 15.8. The fourth-order valence-electron chi connectivity index (χ4n) is 18.7. The minimum absolute atomic E-state index is 0.0938. The van der Waals surface area contributed by atoms with Gasteiger partial charge in [0.15, 0.2) is 5.78 Å². The first kappa shape index (κ1) is 48.6. The second kappa shape index (κ2) is 16.6. The molecule has 7 aliphatic carbocycles. The van der Waals surface area contributed by atoms with Gasteiger partial charge in [-0.25, -0.2) is 0 Å². The van der Waals surface area contributed by atoms with Gasteiger partial charge in [0, 0.05) is 92.5 Å². The third-order valence-corrected chi connectivity index (χ3v) is 22.3. The average Bonchev–Trinajstić information content (AvgIpc) is 3.55. The summed E-state index contributed by atoms with van der Waals surface area (Å²) < 4.78 is 14.3. The van der Waals surface area contributed by atoms with Gasteiger partial charge < -0.3 is 39.7 Å². The number of benzene rings is 1. The van der Waals surface area contributed by atoms with Crippen molar-refractivity contribution in [3.8, 4) is 0 Å². The average molecular weight is 970 g/mol. The first-order valence-electron chi connectivity index (χ1n) is 28.1. The molecule has 11 atom stereocenters.